The quantitative estimate of drug-likeness (QED) is 0.920. The maximum atomic E-state index is 12.5. The average molecular weight is 274 g/mol. The normalized spacial score (nSPS) is 11.9. The minimum atomic E-state index is -4.35. The SMILES string of the molecule is O=C(O)CCc1csc2cc(C(F)(F)F)ccc12. The first-order valence-corrected chi connectivity index (χ1v) is 6.05. The number of carboxylic acids is 1. The second kappa shape index (κ2) is 4.61. The third-order valence-corrected chi connectivity index (χ3v) is 3.59. The van der Waals surface area contributed by atoms with E-state index in [0.29, 0.717) is 16.5 Å². The van der Waals surface area contributed by atoms with Crippen molar-refractivity contribution in [1.82, 2.24) is 0 Å². The van der Waals surface area contributed by atoms with Gasteiger partial charge in [-0.25, -0.2) is 0 Å². The summed E-state index contributed by atoms with van der Waals surface area (Å²) in [4.78, 5) is 10.5. The van der Waals surface area contributed by atoms with Crippen LogP contribution < -0.4 is 0 Å². The van der Waals surface area contributed by atoms with E-state index in [1.165, 1.54) is 17.4 Å². The molecule has 0 atom stereocenters. The zero-order valence-electron chi connectivity index (χ0n) is 9.12. The summed E-state index contributed by atoms with van der Waals surface area (Å²) in [6, 6.07) is 3.54. The number of halogens is 3. The molecular weight excluding hydrogens is 265 g/mol. The molecule has 0 fully saturated rings. The molecule has 6 heteroatoms. The van der Waals surface area contributed by atoms with Crippen LogP contribution in [0.1, 0.15) is 17.5 Å². The fourth-order valence-corrected chi connectivity index (χ4v) is 2.73. The zero-order chi connectivity index (χ0) is 13.3. The van der Waals surface area contributed by atoms with Crippen molar-refractivity contribution < 1.29 is 23.1 Å². The second-order valence-electron chi connectivity index (χ2n) is 3.86. The van der Waals surface area contributed by atoms with Gasteiger partial charge in [-0.05, 0) is 34.9 Å². The van der Waals surface area contributed by atoms with Crippen molar-refractivity contribution in [3.05, 3.63) is 34.7 Å². The second-order valence-corrected chi connectivity index (χ2v) is 4.77. The lowest BCUT2D eigenvalue weighted by atomic mass is 10.1. The van der Waals surface area contributed by atoms with Crippen molar-refractivity contribution >= 4 is 27.4 Å². The van der Waals surface area contributed by atoms with E-state index in [0.717, 1.165) is 17.7 Å². The van der Waals surface area contributed by atoms with Crippen LogP contribution in [-0.4, -0.2) is 11.1 Å². The summed E-state index contributed by atoms with van der Waals surface area (Å²) in [5.41, 5.74) is 0.104. The van der Waals surface area contributed by atoms with Gasteiger partial charge in [-0.1, -0.05) is 6.07 Å². The number of hydrogen-bond donors (Lipinski definition) is 1. The molecule has 18 heavy (non-hydrogen) atoms. The number of hydrogen-bond acceptors (Lipinski definition) is 2. The van der Waals surface area contributed by atoms with Crippen LogP contribution in [0.2, 0.25) is 0 Å². The van der Waals surface area contributed by atoms with Crippen LogP contribution in [0.3, 0.4) is 0 Å². The Morgan fingerprint density at radius 3 is 2.67 bits per heavy atom. The monoisotopic (exact) mass is 274 g/mol. The highest BCUT2D eigenvalue weighted by Gasteiger charge is 2.30. The Balaban J connectivity index is 2.35. The first-order valence-electron chi connectivity index (χ1n) is 5.17. The predicted octanol–water partition coefficient (Wildman–Crippen LogP) is 3.94. The molecular formula is C12H9F3O2S. The number of alkyl halides is 3. The molecule has 0 aliphatic carbocycles. The Labute approximate surface area is 105 Å². The summed E-state index contributed by atoms with van der Waals surface area (Å²) >= 11 is 1.20. The van der Waals surface area contributed by atoms with Gasteiger partial charge >= 0.3 is 12.1 Å². The molecule has 2 rings (SSSR count). The van der Waals surface area contributed by atoms with Gasteiger partial charge in [-0.15, -0.1) is 11.3 Å². The van der Waals surface area contributed by atoms with Crippen molar-refractivity contribution in [2.45, 2.75) is 19.0 Å². The lowest BCUT2D eigenvalue weighted by molar-refractivity contribution is -0.138. The molecule has 2 aromatic rings. The van der Waals surface area contributed by atoms with E-state index in [1.807, 2.05) is 0 Å². The molecule has 0 saturated carbocycles. The van der Waals surface area contributed by atoms with Crippen molar-refractivity contribution in [3.63, 3.8) is 0 Å². The molecule has 0 spiro atoms. The van der Waals surface area contributed by atoms with Crippen LogP contribution in [0, 0.1) is 0 Å². The van der Waals surface area contributed by atoms with Crippen LogP contribution in [-0.2, 0) is 17.4 Å². The number of thiophene rings is 1. The van der Waals surface area contributed by atoms with Crippen molar-refractivity contribution in [1.29, 1.82) is 0 Å². The zero-order valence-corrected chi connectivity index (χ0v) is 9.94. The summed E-state index contributed by atoms with van der Waals surface area (Å²) in [6.07, 6.45) is -4.03. The molecule has 1 aromatic heterocycles. The molecule has 0 bridgehead atoms. The largest absolute Gasteiger partial charge is 0.481 e. The molecule has 0 amide bonds. The van der Waals surface area contributed by atoms with E-state index in [4.69, 9.17) is 5.11 Å². The number of carboxylic acid groups (broad SMARTS) is 1. The third kappa shape index (κ3) is 2.64. The summed E-state index contributed by atoms with van der Waals surface area (Å²) in [5.74, 6) is -0.915. The van der Waals surface area contributed by atoms with Gasteiger partial charge in [0.1, 0.15) is 0 Å². The number of carbonyl (C=O) groups is 1. The Kier molecular flexibility index (Phi) is 3.30. The van der Waals surface area contributed by atoms with Gasteiger partial charge in [-0.2, -0.15) is 13.2 Å². The number of fused-ring (bicyclic) bond motifs is 1. The highest BCUT2D eigenvalue weighted by molar-refractivity contribution is 7.17. The highest BCUT2D eigenvalue weighted by Crippen LogP contribution is 2.34. The van der Waals surface area contributed by atoms with E-state index >= 15 is 0 Å². The van der Waals surface area contributed by atoms with Crippen LogP contribution in [0.4, 0.5) is 13.2 Å². The topological polar surface area (TPSA) is 37.3 Å². The minimum Gasteiger partial charge on any atom is -0.481 e. The van der Waals surface area contributed by atoms with Gasteiger partial charge in [-0.3, -0.25) is 4.79 Å². The summed E-state index contributed by atoms with van der Waals surface area (Å²) < 4.78 is 38.0. The van der Waals surface area contributed by atoms with E-state index in [9.17, 15) is 18.0 Å². The molecule has 1 N–H and O–H groups in total. The maximum absolute atomic E-state index is 12.5. The highest BCUT2D eigenvalue weighted by atomic mass is 32.1. The Morgan fingerprint density at radius 2 is 2.06 bits per heavy atom. The summed E-state index contributed by atoms with van der Waals surface area (Å²) in [7, 11) is 0. The van der Waals surface area contributed by atoms with Gasteiger partial charge in [0, 0.05) is 11.1 Å². The van der Waals surface area contributed by atoms with Gasteiger partial charge in [0.05, 0.1) is 5.56 Å². The Hall–Kier alpha value is -1.56. The fraction of sp³-hybridized carbons (Fsp3) is 0.250. The summed E-state index contributed by atoms with van der Waals surface area (Å²) in [6.45, 7) is 0. The lowest BCUT2D eigenvalue weighted by Crippen LogP contribution is -2.04. The smallest absolute Gasteiger partial charge is 0.416 e. The van der Waals surface area contributed by atoms with Crippen LogP contribution >= 0.6 is 11.3 Å². The van der Waals surface area contributed by atoms with Crippen molar-refractivity contribution in [2.75, 3.05) is 0 Å². The first-order chi connectivity index (χ1) is 8.38. The first kappa shape index (κ1) is 12.9. The molecule has 1 heterocycles. The van der Waals surface area contributed by atoms with Gasteiger partial charge in [0.2, 0.25) is 0 Å². The van der Waals surface area contributed by atoms with E-state index < -0.39 is 17.7 Å². The predicted molar refractivity (Wildman–Crippen MR) is 62.8 cm³/mol. The van der Waals surface area contributed by atoms with E-state index in [1.54, 1.807) is 5.38 Å². The molecule has 0 radical (unpaired) electrons. The van der Waals surface area contributed by atoms with E-state index in [2.05, 4.69) is 0 Å². The van der Waals surface area contributed by atoms with Gasteiger partial charge in [0.15, 0.2) is 0 Å². The maximum Gasteiger partial charge on any atom is 0.416 e. The number of aryl methyl sites for hydroxylation is 1. The number of rotatable bonds is 3. The molecule has 0 saturated heterocycles. The van der Waals surface area contributed by atoms with Crippen LogP contribution in [0.25, 0.3) is 10.1 Å². The van der Waals surface area contributed by atoms with Crippen LogP contribution in [0.5, 0.6) is 0 Å². The van der Waals surface area contributed by atoms with Crippen molar-refractivity contribution in [3.8, 4) is 0 Å². The Bertz CT molecular complexity index is 587. The number of benzene rings is 1. The van der Waals surface area contributed by atoms with Crippen LogP contribution in [0.15, 0.2) is 23.6 Å². The molecule has 0 unspecified atom stereocenters. The molecule has 2 nitrogen and oxygen atoms in total. The number of aliphatic carboxylic acids is 1. The average Bonchev–Trinajstić information content (AvgIpc) is 2.67. The van der Waals surface area contributed by atoms with E-state index in [-0.39, 0.29) is 6.42 Å². The van der Waals surface area contributed by atoms with Gasteiger partial charge < -0.3 is 5.11 Å². The molecule has 0 aliphatic heterocycles. The Morgan fingerprint density at radius 1 is 1.33 bits per heavy atom. The molecule has 0 aliphatic rings. The third-order valence-electron chi connectivity index (χ3n) is 2.59. The standard InChI is InChI=1S/C12H9F3O2S/c13-12(14,15)8-2-3-9-7(1-4-11(16)17)6-18-10(9)5-8/h2-3,5-6H,1,4H2,(H,16,17). The van der Waals surface area contributed by atoms with Gasteiger partial charge in [0.25, 0.3) is 0 Å². The fourth-order valence-electron chi connectivity index (χ4n) is 1.69. The molecule has 1 aromatic carbocycles. The lowest BCUT2D eigenvalue weighted by Gasteiger charge is -2.06. The summed E-state index contributed by atoms with van der Waals surface area (Å²) in [5, 5.41) is 11.0. The van der Waals surface area contributed by atoms with Crippen molar-refractivity contribution in [2.24, 2.45) is 0 Å². The minimum absolute atomic E-state index is 0.0210. The molecule has 96 valence electrons.